The van der Waals surface area contributed by atoms with Crippen molar-refractivity contribution < 1.29 is 0 Å². The molecule has 0 heterocycles. The van der Waals surface area contributed by atoms with Crippen molar-refractivity contribution in [1.82, 2.24) is 0 Å². The van der Waals surface area contributed by atoms with Crippen molar-refractivity contribution in [3.8, 4) is 0 Å². The van der Waals surface area contributed by atoms with Crippen molar-refractivity contribution >= 4 is 0 Å². The minimum Gasteiger partial charge on any atom is -0.0885 e. The molecule has 0 amide bonds. The van der Waals surface area contributed by atoms with Gasteiger partial charge in [-0.25, -0.2) is 0 Å². The van der Waals surface area contributed by atoms with Crippen LogP contribution in [0, 0.1) is 5.92 Å². The zero-order valence-corrected chi connectivity index (χ0v) is 8.13. The molecule has 0 spiro atoms. The first-order valence-corrected chi connectivity index (χ1v) is 5.25. The van der Waals surface area contributed by atoms with Gasteiger partial charge in [0.1, 0.15) is 0 Å². The van der Waals surface area contributed by atoms with Gasteiger partial charge >= 0.3 is 0 Å². The molecule has 0 unspecified atom stereocenters. The highest BCUT2D eigenvalue weighted by molar-refractivity contribution is 4.98. The smallest absolute Gasteiger partial charge is 0.0196 e. The molecule has 0 aromatic heterocycles. The highest BCUT2D eigenvalue weighted by Crippen LogP contribution is 2.19. The Kier molecular flexibility index (Phi) is 4.82. The molecule has 0 aromatic rings. The Labute approximate surface area is 76.4 Å². The van der Waals surface area contributed by atoms with Crippen molar-refractivity contribution in [2.75, 3.05) is 0 Å². The van der Waals surface area contributed by atoms with Crippen LogP contribution in [-0.4, -0.2) is 0 Å². The first-order valence-electron chi connectivity index (χ1n) is 5.25. The van der Waals surface area contributed by atoms with Gasteiger partial charge in [-0.05, 0) is 31.6 Å². The van der Waals surface area contributed by atoms with Crippen molar-refractivity contribution in [3.05, 3.63) is 24.3 Å². The second-order valence-corrected chi connectivity index (χ2v) is 3.61. The predicted octanol–water partition coefficient (Wildman–Crippen LogP) is 4.09. The number of hydrogen-bond acceptors (Lipinski definition) is 0. The van der Waals surface area contributed by atoms with Crippen molar-refractivity contribution in [2.45, 2.75) is 45.4 Å². The van der Waals surface area contributed by atoms with Crippen LogP contribution < -0.4 is 0 Å². The molecule has 0 N–H and O–H groups in total. The Morgan fingerprint density at radius 3 is 3.00 bits per heavy atom. The van der Waals surface area contributed by atoms with E-state index in [0.717, 1.165) is 5.92 Å². The molecule has 0 aliphatic heterocycles. The molecule has 1 rings (SSSR count). The third-order valence-corrected chi connectivity index (χ3v) is 2.44. The van der Waals surface area contributed by atoms with Crippen LogP contribution in [-0.2, 0) is 0 Å². The van der Waals surface area contributed by atoms with Gasteiger partial charge in [0.15, 0.2) is 0 Å². The third kappa shape index (κ3) is 3.75. The lowest BCUT2D eigenvalue weighted by Gasteiger charge is -2.12. The summed E-state index contributed by atoms with van der Waals surface area (Å²) in [4.78, 5) is 0. The lowest BCUT2D eigenvalue weighted by atomic mass is 9.94. The number of rotatable bonds is 4. The topological polar surface area (TPSA) is 0 Å². The lowest BCUT2D eigenvalue weighted by molar-refractivity contribution is 0.581. The van der Waals surface area contributed by atoms with Crippen LogP contribution in [0.3, 0.4) is 0 Å². The fraction of sp³-hybridized carbons (Fsp3) is 0.667. The summed E-state index contributed by atoms with van der Waals surface area (Å²) >= 11 is 0. The van der Waals surface area contributed by atoms with E-state index in [1.165, 1.54) is 38.5 Å². The second-order valence-electron chi connectivity index (χ2n) is 3.61. The molecule has 1 aliphatic rings. The van der Waals surface area contributed by atoms with Gasteiger partial charge in [0.2, 0.25) is 0 Å². The van der Waals surface area contributed by atoms with Gasteiger partial charge in [-0.1, -0.05) is 44.1 Å². The minimum atomic E-state index is 0.840. The first kappa shape index (κ1) is 9.57. The van der Waals surface area contributed by atoms with E-state index in [4.69, 9.17) is 0 Å². The van der Waals surface area contributed by atoms with Gasteiger partial charge < -0.3 is 0 Å². The van der Waals surface area contributed by atoms with E-state index in [1.54, 1.807) is 0 Å². The van der Waals surface area contributed by atoms with E-state index in [-0.39, 0.29) is 0 Å². The second kappa shape index (κ2) is 6.05. The van der Waals surface area contributed by atoms with Gasteiger partial charge in [-0.2, -0.15) is 0 Å². The zero-order chi connectivity index (χ0) is 8.65. The fourth-order valence-corrected chi connectivity index (χ4v) is 1.60. The Morgan fingerprint density at radius 1 is 1.42 bits per heavy atom. The Morgan fingerprint density at radius 2 is 2.33 bits per heavy atom. The van der Waals surface area contributed by atoms with Crippen molar-refractivity contribution in [2.24, 2.45) is 5.92 Å². The quantitative estimate of drug-likeness (QED) is 0.433. The van der Waals surface area contributed by atoms with Crippen LogP contribution in [0.25, 0.3) is 0 Å². The van der Waals surface area contributed by atoms with E-state index in [2.05, 4.69) is 31.2 Å². The molecular formula is C12H20. The summed E-state index contributed by atoms with van der Waals surface area (Å²) in [6.45, 7) is 2.25. The van der Waals surface area contributed by atoms with E-state index in [0.29, 0.717) is 0 Å². The van der Waals surface area contributed by atoms with E-state index < -0.39 is 0 Å². The average Bonchev–Trinajstić information content (AvgIpc) is 2.14. The molecule has 12 heavy (non-hydrogen) atoms. The average molecular weight is 164 g/mol. The SMILES string of the molecule is CCCC/C=C/[C@H]1CC=CCC1. The number of allylic oxidation sites excluding steroid dienone is 4. The standard InChI is InChI=1S/C12H20/c1-2-3-4-6-9-12-10-7-5-8-11-12/h5-7,9,12H,2-4,8,10-11H2,1H3/b9-6+/t12-/m0/s1. The molecule has 0 radical (unpaired) electrons. The van der Waals surface area contributed by atoms with Crippen LogP contribution in [0.4, 0.5) is 0 Å². The molecule has 68 valence electrons. The summed E-state index contributed by atoms with van der Waals surface area (Å²) in [6.07, 6.45) is 17.2. The molecule has 0 fully saturated rings. The molecule has 0 saturated heterocycles. The van der Waals surface area contributed by atoms with Crippen molar-refractivity contribution in [3.63, 3.8) is 0 Å². The maximum absolute atomic E-state index is 2.42. The lowest BCUT2D eigenvalue weighted by Crippen LogP contribution is -1.97. The van der Waals surface area contributed by atoms with Gasteiger partial charge in [0, 0.05) is 0 Å². The molecule has 0 nitrogen and oxygen atoms in total. The maximum atomic E-state index is 2.42. The normalized spacial score (nSPS) is 23.6. The summed E-state index contributed by atoms with van der Waals surface area (Å²) in [7, 11) is 0. The van der Waals surface area contributed by atoms with Crippen molar-refractivity contribution in [1.29, 1.82) is 0 Å². The van der Waals surface area contributed by atoms with Gasteiger partial charge in [-0.3, -0.25) is 0 Å². The number of hydrogen-bond donors (Lipinski definition) is 0. The molecule has 0 saturated carbocycles. The van der Waals surface area contributed by atoms with Gasteiger partial charge in [-0.15, -0.1) is 0 Å². The maximum Gasteiger partial charge on any atom is -0.0196 e. The minimum absolute atomic E-state index is 0.840. The molecular weight excluding hydrogens is 144 g/mol. The van der Waals surface area contributed by atoms with E-state index in [1.807, 2.05) is 0 Å². The third-order valence-electron chi connectivity index (χ3n) is 2.44. The Balaban J connectivity index is 2.12. The summed E-state index contributed by atoms with van der Waals surface area (Å²) < 4.78 is 0. The molecule has 0 aromatic carbocycles. The summed E-state index contributed by atoms with van der Waals surface area (Å²) in [5, 5.41) is 0. The highest BCUT2D eigenvalue weighted by Gasteiger charge is 2.04. The molecule has 0 bridgehead atoms. The fourth-order valence-electron chi connectivity index (χ4n) is 1.60. The molecule has 0 heteroatoms. The molecule has 1 aliphatic carbocycles. The summed E-state index contributed by atoms with van der Waals surface area (Å²) in [6, 6.07) is 0. The highest BCUT2D eigenvalue weighted by atomic mass is 14.1. The monoisotopic (exact) mass is 164 g/mol. The van der Waals surface area contributed by atoms with Crippen LogP contribution in [0.15, 0.2) is 24.3 Å². The van der Waals surface area contributed by atoms with Crippen LogP contribution in [0.5, 0.6) is 0 Å². The van der Waals surface area contributed by atoms with Gasteiger partial charge in [0.25, 0.3) is 0 Å². The summed E-state index contributed by atoms with van der Waals surface area (Å²) in [5.41, 5.74) is 0. The first-order chi connectivity index (χ1) is 5.93. The van der Waals surface area contributed by atoms with E-state index in [9.17, 15) is 0 Å². The summed E-state index contributed by atoms with van der Waals surface area (Å²) in [5.74, 6) is 0.840. The van der Waals surface area contributed by atoms with Crippen LogP contribution in [0.1, 0.15) is 45.4 Å². The Hall–Kier alpha value is -0.520. The zero-order valence-electron chi connectivity index (χ0n) is 8.13. The van der Waals surface area contributed by atoms with Crippen LogP contribution >= 0.6 is 0 Å². The Bertz CT molecular complexity index is 153. The predicted molar refractivity (Wildman–Crippen MR) is 55.1 cm³/mol. The largest absolute Gasteiger partial charge is 0.0885 e. The van der Waals surface area contributed by atoms with Crippen LogP contribution in [0.2, 0.25) is 0 Å². The molecule has 1 atom stereocenters. The number of unbranched alkanes of at least 4 members (excludes halogenated alkanes) is 2. The van der Waals surface area contributed by atoms with E-state index >= 15 is 0 Å². The van der Waals surface area contributed by atoms with Gasteiger partial charge in [0.05, 0.1) is 0 Å².